The number of hydrogen-bond acceptors (Lipinski definition) is 4. The summed E-state index contributed by atoms with van der Waals surface area (Å²) < 4.78 is 12.8. The van der Waals surface area contributed by atoms with Gasteiger partial charge in [-0.2, -0.15) is 0 Å². The van der Waals surface area contributed by atoms with Gasteiger partial charge >= 0.3 is 0 Å². The molecule has 0 unspecified atom stereocenters. The van der Waals surface area contributed by atoms with Gasteiger partial charge in [0.1, 0.15) is 12.9 Å². The summed E-state index contributed by atoms with van der Waals surface area (Å²) >= 11 is 6.23. The summed E-state index contributed by atoms with van der Waals surface area (Å²) in [6.07, 6.45) is 1.47. The van der Waals surface area contributed by atoms with Crippen LogP contribution in [0.1, 0.15) is 5.56 Å². The summed E-state index contributed by atoms with van der Waals surface area (Å²) in [6, 6.07) is 20.3. The average molecular weight is 393 g/mol. The first kappa shape index (κ1) is 18.1. The van der Waals surface area contributed by atoms with Crippen molar-refractivity contribution in [3.05, 3.63) is 94.0 Å². The van der Waals surface area contributed by atoms with E-state index in [-0.39, 0.29) is 5.56 Å². The quantitative estimate of drug-likeness (QED) is 0.497. The van der Waals surface area contributed by atoms with Crippen LogP contribution in [0.4, 0.5) is 0 Å². The summed E-state index contributed by atoms with van der Waals surface area (Å²) in [5, 5.41) is 0.895. The smallest absolute Gasteiger partial charge is 0.265 e. The highest BCUT2D eigenvalue weighted by Crippen LogP contribution is 2.31. The third kappa shape index (κ3) is 3.44. The fourth-order valence-corrected chi connectivity index (χ4v) is 3.18. The highest BCUT2D eigenvalue weighted by Gasteiger charge is 2.13. The lowest BCUT2D eigenvalue weighted by molar-refractivity contribution is 0.285. The zero-order valence-electron chi connectivity index (χ0n) is 15.1. The highest BCUT2D eigenvalue weighted by atomic mass is 35.5. The molecule has 0 saturated carbocycles. The summed E-state index contributed by atoms with van der Waals surface area (Å²) in [4.78, 5) is 17.4. The molecule has 0 radical (unpaired) electrons. The van der Waals surface area contributed by atoms with Crippen molar-refractivity contribution >= 4 is 22.5 Å². The number of para-hydroxylation sites is 1. The summed E-state index contributed by atoms with van der Waals surface area (Å²) in [5.74, 6) is 1.00. The van der Waals surface area contributed by atoms with Gasteiger partial charge in [0.25, 0.3) is 5.56 Å². The predicted octanol–water partition coefficient (Wildman–Crippen LogP) is 4.63. The number of rotatable bonds is 5. The molecule has 6 heteroatoms. The van der Waals surface area contributed by atoms with Gasteiger partial charge in [-0.05, 0) is 23.8 Å². The van der Waals surface area contributed by atoms with Crippen LogP contribution < -0.4 is 15.0 Å². The lowest BCUT2D eigenvalue weighted by Crippen LogP contribution is -2.19. The molecule has 1 aromatic heterocycles. The summed E-state index contributed by atoms with van der Waals surface area (Å²) in [6.45, 7) is 0.388. The molecule has 4 aromatic rings. The maximum absolute atomic E-state index is 13.0. The third-order valence-electron chi connectivity index (χ3n) is 4.39. The van der Waals surface area contributed by atoms with Gasteiger partial charge in [0.2, 0.25) is 0 Å². The van der Waals surface area contributed by atoms with Crippen molar-refractivity contribution < 1.29 is 9.47 Å². The van der Waals surface area contributed by atoms with E-state index in [2.05, 4.69) is 4.98 Å². The van der Waals surface area contributed by atoms with E-state index in [1.165, 1.54) is 10.9 Å². The number of nitrogens with zero attached hydrogens (tertiary/aromatic N) is 2. The van der Waals surface area contributed by atoms with Gasteiger partial charge in [0.15, 0.2) is 11.5 Å². The second kappa shape index (κ2) is 7.74. The van der Waals surface area contributed by atoms with E-state index in [0.29, 0.717) is 39.7 Å². The molecule has 4 rings (SSSR count). The third-order valence-corrected chi connectivity index (χ3v) is 4.71. The lowest BCUT2D eigenvalue weighted by Gasteiger charge is -2.13. The minimum Gasteiger partial charge on any atom is -0.493 e. The molecule has 0 N–H and O–H groups in total. The van der Waals surface area contributed by atoms with Crippen LogP contribution in [0.25, 0.3) is 16.6 Å². The van der Waals surface area contributed by atoms with Gasteiger partial charge in [-0.25, -0.2) is 4.98 Å². The monoisotopic (exact) mass is 392 g/mol. The van der Waals surface area contributed by atoms with E-state index >= 15 is 0 Å². The van der Waals surface area contributed by atoms with Crippen LogP contribution in [0.2, 0.25) is 5.02 Å². The van der Waals surface area contributed by atoms with Crippen LogP contribution in [0.5, 0.6) is 11.5 Å². The van der Waals surface area contributed by atoms with Gasteiger partial charge in [-0.1, -0.05) is 54.1 Å². The molecule has 0 saturated heterocycles. The van der Waals surface area contributed by atoms with Crippen molar-refractivity contribution in [2.75, 3.05) is 7.11 Å². The van der Waals surface area contributed by atoms with Crippen molar-refractivity contribution in [3.8, 4) is 17.2 Å². The Labute approximate surface area is 166 Å². The maximum atomic E-state index is 13.0. The number of methoxy groups -OCH3 is 1. The minimum absolute atomic E-state index is 0.231. The highest BCUT2D eigenvalue weighted by molar-refractivity contribution is 6.32. The topological polar surface area (TPSA) is 53.4 Å². The van der Waals surface area contributed by atoms with E-state index in [9.17, 15) is 4.79 Å². The van der Waals surface area contributed by atoms with Crippen LogP contribution >= 0.6 is 11.6 Å². The van der Waals surface area contributed by atoms with Crippen LogP contribution in [0.15, 0.2) is 77.9 Å². The molecule has 0 amide bonds. The zero-order chi connectivity index (χ0) is 19.5. The molecule has 140 valence electrons. The van der Waals surface area contributed by atoms with Crippen LogP contribution in [-0.2, 0) is 6.61 Å². The molecular formula is C22H17ClN2O3. The molecule has 0 aliphatic heterocycles. The summed E-state index contributed by atoms with van der Waals surface area (Å²) in [7, 11) is 1.54. The number of benzene rings is 3. The number of halogens is 1. The molecule has 0 spiro atoms. The van der Waals surface area contributed by atoms with E-state index in [4.69, 9.17) is 21.1 Å². The number of ether oxygens (including phenoxy) is 2. The van der Waals surface area contributed by atoms with E-state index in [1.807, 2.05) is 42.5 Å². The van der Waals surface area contributed by atoms with E-state index in [0.717, 1.165) is 5.56 Å². The Morgan fingerprint density at radius 2 is 1.75 bits per heavy atom. The molecule has 0 fully saturated rings. The molecule has 28 heavy (non-hydrogen) atoms. The average Bonchev–Trinajstić information content (AvgIpc) is 2.73. The Bertz CT molecular complexity index is 1190. The van der Waals surface area contributed by atoms with Gasteiger partial charge < -0.3 is 9.47 Å². The van der Waals surface area contributed by atoms with Gasteiger partial charge in [0.05, 0.1) is 28.7 Å². The Balaban J connectivity index is 1.76. The minimum atomic E-state index is -0.231. The lowest BCUT2D eigenvalue weighted by atomic mass is 10.2. The Hall–Kier alpha value is -3.31. The fourth-order valence-electron chi connectivity index (χ4n) is 2.96. The maximum Gasteiger partial charge on any atom is 0.265 e. The largest absolute Gasteiger partial charge is 0.493 e. The van der Waals surface area contributed by atoms with Gasteiger partial charge in [-0.15, -0.1) is 0 Å². The van der Waals surface area contributed by atoms with Crippen molar-refractivity contribution in [1.82, 2.24) is 9.55 Å². The van der Waals surface area contributed by atoms with Crippen LogP contribution in [0, 0.1) is 0 Å². The number of aromatic nitrogens is 2. The Kier molecular flexibility index (Phi) is 5.00. The van der Waals surface area contributed by atoms with Gasteiger partial charge in [-0.3, -0.25) is 9.36 Å². The predicted molar refractivity (Wildman–Crippen MR) is 110 cm³/mol. The molecule has 1 heterocycles. The van der Waals surface area contributed by atoms with Gasteiger partial charge in [0, 0.05) is 6.07 Å². The van der Waals surface area contributed by atoms with Crippen LogP contribution in [-0.4, -0.2) is 16.7 Å². The SMILES string of the molecule is COc1cc2c(=O)n(-c3ccccc3Cl)cnc2cc1OCc1ccccc1. The van der Waals surface area contributed by atoms with Crippen LogP contribution in [0.3, 0.4) is 0 Å². The molecule has 0 aliphatic rings. The van der Waals surface area contributed by atoms with E-state index < -0.39 is 0 Å². The van der Waals surface area contributed by atoms with Crippen molar-refractivity contribution in [2.45, 2.75) is 6.61 Å². The normalized spacial score (nSPS) is 10.8. The van der Waals surface area contributed by atoms with Crippen molar-refractivity contribution in [3.63, 3.8) is 0 Å². The fraction of sp³-hybridized carbons (Fsp3) is 0.0909. The summed E-state index contributed by atoms with van der Waals surface area (Å²) in [5.41, 5.74) is 1.90. The molecule has 0 atom stereocenters. The standard InChI is InChI=1S/C22H17ClN2O3/c1-27-20-11-16-18(12-21(20)28-13-15-7-3-2-4-8-15)24-14-25(22(16)26)19-10-6-5-9-17(19)23/h2-12,14H,13H2,1H3. The first-order valence-corrected chi connectivity index (χ1v) is 9.06. The van der Waals surface area contributed by atoms with Crippen molar-refractivity contribution in [1.29, 1.82) is 0 Å². The number of fused-ring (bicyclic) bond motifs is 1. The molecule has 5 nitrogen and oxygen atoms in total. The second-order valence-electron chi connectivity index (χ2n) is 6.17. The molecule has 0 bridgehead atoms. The Morgan fingerprint density at radius 3 is 2.50 bits per heavy atom. The molecule has 3 aromatic carbocycles. The Morgan fingerprint density at radius 1 is 1.00 bits per heavy atom. The molecular weight excluding hydrogens is 376 g/mol. The second-order valence-corrected chi connectivity index (χ2v) is 6.57. The van der Waals surface area contributed by atoms with E-state index in [1.54, 1.807) is 31.4 Å². The first-order valence-electron chi connectivity index (χ1n) is 8.68. The number of hydrogen-bond donors (Lipinski definition) is 0. The first-order chi connectivity index (χ1) is 13.7. The zero-order valence-corrected chi connectivity index (χ0v) is 15.9. The molecule has 0 aliphatic carbocycles. The van der Waals surface area contributed by atoms with Crippen molar-refractivity contribution in [2.24, 2.45) is 0 Å².